The molecule has 1 aromatic carbocycles. The molecule has 25 heavy (non-hydrogen) atoms. The molecule has 0 saturated heterocycles. The van der Waals surface area contributed by atoms with E-state index in [9.17, 15) is 14.0 Å². The topological polar surface area (TPSA) is 73.2 Å². The number of carbonyl (C=O) groups is 1. The monoisotopic (exact) mass is 367 g/mol. The average Bonchev–Trinajstić information content (AvgIpc) is 2.52. The van der Waals surface area contributed by atoms with Crippen molar-refractivity contribution in [2.75, 3.05) is 6.54 Å². The molecule has 1 aromatic heterocycles. The van der Waals surface area contributed by atoms with E-state index in [2.05, 4.69) is 10.3 Å². The van der Waals surface area contributed by atoms with Crippen molar-refractivity contribution in [3.8, 4) is 5.75 Å². The highest BCUT2D eigenvalue weighted by molar-refractivity contribution is 6.32. The van der Waals surface area contributed by atoms with Crippen LogP contribution in [0.1, 0.15) is 18.3 Å². The van der Waals surface area contributed by atoms with Gasteiger partial charge in [-0.25, -0.2) is 9.18 Å². The maximum Gasteiger partial charge on any atom is 0.348 e. The number of nitrogens with zero attached hydrogens (tertiary/aromatic N) is 2. The summed E-state index contributed by atoms with van der Waals surface area (Å²) in [5.41, 5.74) is 1.07. The summed E-state index contributed by atoms with van der Waals surface area (Å²) in [5.74, 6) is -0.631. The lowest BCUT2D eigenvalue weighted by Gasteiger charge is -2.16. The highest BCUT2D eigenvalue weighted by Crippen LogP contribution is 2.25. The SMILES string of the molecule is Cc1cc(C)n(CCNC(=O)[C@@H](C)Oc2ccc(F)cc2Cl)c(=O)n1. The van der Waals surface area contributed by atoms with Gasteiger partial charge in [0.15, 0.2) is 6.10 Å². The zero-order valence-electron chi connectivity index (χ0n) is 14.2. The molecular formula is C17H19ClFN3O3. The maximum atomic E-state index is 13.0. The molecular weight excluding hydrogens is 349 g/mol. The molecule has 0 unspecified atom stereocenters. The Hall–Kier alpha value is -2.41. The third kappa shape index (κ3) is 5.03. The molecule has 1 heterocycles. The van der Waals surface area contributed by atoms with Gasteiger partial charge in [0, 0.05) is 24.5 Å². The first-order valence-electron chi connectivity index (χ1n) is 7.72. The Morgan fingerprint density at radius 3 is 2.76 bits per heavy atom. The van der Waals surface area contributed by atoms with Gasteiger partial charge < -0.3 is 10.1 Å². The molecule has 1 N–H and O–H groups in total. The van der Waals surface area contributed by atoms with E-state index in [1.807, 2.05) is 0 Å². The third-order valence-corrected chi connectivity index (χ3v) is 3.84. The fraction of sp³-hybridized carbons (Fsp3) is 0.353. The van der Waals surface area contributed by atoms with Crippen molar-refractivity contribution in [3.05, 3.63) is 57.0 Å². The van der Waals surface area contributed by atoms with E-state index in [1.54, 1.807) is 26.8 Å². The van der Waals surface area contributed by atoms with Crippen LogP contribution in [0.3, 0.4) is 0 Å². The summed E-state index contributed by atoms with van der Waals surface area (Å²) in [6.07, 6.45) is -0.822. The van der Waals surface area contributed by atoms with E-state index in [-0.39, 0.29) is 28.9 Å². The third-order valence-electron chi connectivity index (χ3n) is 3.55. The van der Waals surface area contributed by atoms with E-state index < -0.39 is 11.9 Å². The van der Waals surface area contributed by atoms with Crippen LogP contribution in [0.4, 0.5) is 4.39 Å². The minimum atomic E-state index is -0.822. The molecule has 1 atom stereocenters. The number of hydrogen-bond donors (Lipinski definition) is 1. The minimum Gasteiger partial charge on any atom is -0.479 e. The number of aromatic nitrogens is 2. The van der Waals surface area contributed by atoms with Gasteiger partial charge >= 0.3 is 5.69 Å². The summed E-state index contributed by atoms with van der Waals surface area (Å²) in [4.78, 5) is 27.8. The van der Waals surface area contributed by atoms with Gasteiger partial charge in [0.1, 0.15) is 11.6 Å². The Labute approximate surface area is 149 Å². The highest BCUT2D eigenvalue weighted by Gasteiger charge is 2.16. The second-order valence-corrected chi connectivity index (χ2v) is 6.01. The van der Waals surface area contributed by atoms with Crippen molar-refractivity contribution in [1.29, 1.82) is 0 Å². The smallest absolute Gasteiger partial charge is 0.348 e. The van der Waals surface area contributed by atoms with E-state index in [0.717, 1.165) is 11.8 Å². The van der Waals surface area contributed by atoms with E-state index in [0.29, 0.717) is 12.2 Å². The number of rotatable bonds is 6. The molecule has 6 nitrogen and oxygen atoms in total. The van der Waals surface area contributed by atoms with Crippen LogP contribution in [0.5, 0.6) is 5.75 Å². The fourth-order valence-electron chi connectivity index (χ4n) is 2.30. The molecule has 1 amide bonds. The van der Waals surface area contributed by atoms with Crippen molar-refractivity contribution in [1.82, 2.24) is 14.9 Å². The summed E-state index contributed by atoms with van der Waals surface area (Å²) < 4.78 is 19.9. The lowest BCUT2D eigenvalue weighted by molar-refractivity contribution is -0.127. The van der Waals surface area contributed by atoms with Gasteiger partial charge in [-0.3, -0.25) is 9.36 Å². The number of ether oxygens (including phenoxy) is 1. The molecule has 2 aromatic rings. The van der Waals surface area contributed by atoms with Crippen LogP contribution in [0.15, 0.2) is 29.1 Å². The predicted molar refractivity (Wildman–Crippen MR) is 92.5 cm³/mol. The molecule has 0 saturated carbocycles. The molecule has 8 heteroatoms. The molecule has 0 spiro atoms. The van der Waals surface area contributed by atoms with Crippen molar-refractivity contribution in [2.45, 2.75) is 33.4 Å². The largest absolute Gasteiger partial charge is 0.479 e. The molecule has 0 aliphatic carbocycles. The number of amides is 1. The van der Waals surface area contributed by atoms with Crippen LogP contribution in [0, 0.1) is 19.7 Å². The van der Waals surface area contributed by atoms with Crippen molar-refractivity contribution in [2.24, 2.45) is 0 Å². The van der Waals surface area contributed by atoms with Crippen LogP contribution in [0.2, 0.25) is 5.02 Å². The summed E-state index contributed by atoms with van der Waals surface area (Å²) in [6.45, 7) is 5.66. The standard InChI is InChI=1S/C17H19ClFN3O3/c1-10-8-11(2)22(17(24)21-10)7-6-20-16(23)12(3)25-15-5-4-13(19)9-14(15)18/h4-5,8-9,12H,6-7H2,1-3H3,(H,20,23)/t12-/m1/s1. The lowest BCUT2D eigenvalue weighted by Crippen LogP contribution is -2.39. The molecule has 0 bridgehead atoms. The number of aryl methyl sites for hydroxylation is 2. The Morgan fingerprint density at radius 2 is 2.12 bits per heavy atom. The first-order valence-corrected chi connectivity index (χ1v) is 8.10. The van der Waals surface area contributed by atoms with Gasteiger partial charge in [-0.2, -0.15) is 4.98 Å². The van der Waals surface area contributed by atoms with Crippen LogP contribution in [0.25, 0.3) is 0 Å². The van der Waals surface area contributed by atoms with Crippen molar-refractivity contribution >= 4 is 17.5 Å². The van der Waals surface area contributed by atoms with Gasteiger partial charge in [-0.05, 0) is 45.0 Å². The summed E-state index contributed by atoms with van der Waals surface area (Å²) in [5, 5.41) is 2.77. The first-order chi connectivity index (χ1) is 11.8. The van der Waals surface area contributed by atoms with E-state index in [1.165, 1.54) is 16.7 Å². The predicted octanol–water partition coefficient (Wildman–Crippen LogP) is 2.24. The number of halogens is 2. The second-order valence-electron chi connectivity index (χ2n) is 5.60. The van der Waals surface area contributed by atoms with Gasteiger partial charge in [0.05, 0.1) is 5.02 Å². The molecule has 0 aliphatic heterocycles. The maximum absolute atomic E-state index is 13.0. The number of hydrogen-bond acceptors (Lipinski definition) is 4. The summed E-state index contributed by atoms with van der Waals surface area (Å²) in [7, 11) is 0. The normalized spacial score (nSPS) is 11.9. The zero-order chi connectivity index (χ0) is 18.6. The number of benzene rings is 1. The number of carbonyl (C=O) groups excluding carboxylic acids is 1. The minimum absolute atomic E-state index is 0.0903. The lowest BCUT2D eigenvalue weighted by atomic mass is 10.3. The fourth-order valence-corrected chi connectivity index (χ4v) is 2.51. The summed E-state index contributed by atoms with van der Waals surface area (Å²) in [6, 6.07) is 5.47. The van der Waals surface area contributed by atoms with E-state index in [4.69, 9.17) is 16.3 Å². The Kier molecular flexibility index (Phi) is 6.14. The van der Waals surface area contributed by atoms with Gasteiger partial charge in [0.2, 0.25) is 0 Å². The molecule has 134 valence electrons. The second kappa shape index (κ2) is 8.11. The van der Waals surface area contributed by atoms with Crippen LogP contribution >= 0.6 is 11.6 Å². The molecule has 0 radical (unpaired) electrons. The van der Waals surface area contributed by atoms with Crippen LogP contribution in [-0.4, -0.2) is 28.1 Å². The molecule has 2 rings (SSSR count). The van der Waals surface area contributed by atoms with Gasteiger partial charge in [0.25, 0.3) is 5.91 Å². The quantitative estimate of drug-likeness (QED) is 0.849. The Balaban J connectivity index is 1.91. The van der Waals surface area contributed by atoms with Crippen LogP contribution < -0.4 is 15.7 Å². The van der Waals surface area contributed by atoms with Gasteiger partial charge in [-0.15, -0.1) is 0 Å². The summed E-state index contributed by atoms with van der Waals surface area (Å²) >= 11 is 5.87. The first kappa shape index (κ1) is 18.9. The zero-order valence-corrected chi connectivity index (χ0v) is 14.9. The van der Waals surface area contributed by atoms with Crippen molar-refractivity contribution in [3.63, 3.8) is 0 Å². The van der Waals surface area contributed by atoms with Crippen LogP contribution in [-0.2, 0) is 11.3 Å². The van der Waals surface area contributed by atoms with Gasteiger partial charge in [-0.1, -0.05) is 11.6 Å². The molecule has 0 fully saturated rings. The molecule has 0 aliphatic rings. The highest BCUT2D eigenvalue weighted by atomic mass is 35.5. The Morgan fingerprint density at radius 1 is 1.40 bits per heavy atom. The van der Waals surface area contributed by atoms with E-state index >= 15 is 0 Å². The Bertz CT molecular complexity index is 838. The average molecular weight is 368 g/mol. The number of nitrogens with one attached hydrogen (secondary N) is 1. The van der Waals surface area contributed by atoms with Crippen molar-refractivity contribution < 1.29 is 13.9 Å².